The van der Waals surface area contributed by atoms with Crippen molar-refractivity contribution in [3.63, 3.8) is 0 Å². The number of benzene rings is 1. The fourth-order valence-corrected chi connectivity index (χ4v) is 1.79. The van der Waals surface area contributed by atoms with Crippen LogP contribution in [0.2, 0.25) is 5.02 Å². The number of alkyl halides is 1. The highest BCUT2D eigenvalue weighted by molar-refractivity contribution is 6.30. The number of hydrogen-bond donors (Lipinski definition) is 0. The van der Waals surface area contributed by atoms with Crippen molar-refractivity contribution in [2.24, 2.45) is 0 Å². The number of ether oxygens (including phenoxy) is 1. The summed E-state index contributed by atoms with van der Waals surface area (Å²) in [5.41, 5.74) is 1.44. The van der Waals surface area contributed by atoms with Gasteiger partial charge >= 0.3 is 0 Å². The fraction of sp³-hybridized carbons (Fsp3) is 0.188. The zero-order valence-corrected chi connectivity index (χ0v) is 12.6. The maximum atomic E-state index is 13.3. The Bertz CT molecular complexity index is 679. The van der Waals surface area contributed by atoms with Gasteiger partial charge in [-0.1, -0.05) is 29.5 Å². The Kier molecular flexibility index (Phi) is 5.86. The summed E-state index contributed by atoms with van der Waals surface area (Å²) in [5.74, 6) is 6.48. The third kappa shape index (κ3) is 4.93. The minimum absolute atomic E-state index is 0.0944. The molecule has 0 bridgehead atoms. The van der Waals surface area contributed by atoms with Crippen molar-refractivity contribution in [1.29, 1.82) is 0 Å². The van der Waals surface area contributed by atoms with Gasteiger partial charge in [0.15, 0.2) is 0 Å². The zero-order chi connectivity index (χ0) is 15.1. The maximum Gasteiger partial charge on any atom is 0.142 e. The second-order valence-corrected chi connectivity index (χ2v) is 4.97. The van der Waals surface area contributed by atoms with Gasteiger partial charge in [0.25, 0.3) is 0 Å². The van der Waals surface area contributed by atoms with E-state index in [2.05, 4.69) is 16.8 Å². The van der Waals surface area contributed by atoms with Crippen molar-refractivity contribution in [2.75, 3.05) is 5.88 Å². The lowest BCUT2D eigenvalue weighted by Crippen LogP contribution is -1.97. The van der Waals surface area contributed by atoms with Crippen LogP contribution < -0.4 is 4.74 Å². The maximum absolute atomic E-state index is 13.3. The monoisotopic (exact) mass is 323 g/mol. The van der Waals surface area contributed by atoms with Gasteiger partial charge in [-0.3, -0.25) is 4.98 Å². The van der Waals surface area contributed by atoms with Crippen molar-refractivity contribution in [1.82, 2.24) is 4.98 Å². The van der Waals surface area contributed by atoms with E-state index >= 15 is 0 Å². The second kappa shape index (κ2) is 7.87. The minimum Gasteiger partial charge on any atom is -0.487 e. The van der Waals surface area contributed by atoms with Crippen LogP contribution in [0.5, 0.6) is 5.75 Å². The lowest BCUT2D eigenvalue weighted by Gasteiger charge is -2.06. The van der Waals surface area contributed by atoms with E-state index < -0.39 is 5.82 Å². The van der Waals surface area contributed by atoms with Gasteiger partial charge in [-0.25, -0.2) is 4.39 Å². The van der Waals surface area contributed by atoms with Crippen molar-refractivity contribution in [2.45, 2.75) is 13.0 Å². The van der Waals surface area contributed by atoms with Gasteiger partial charge in [-0.05, 0) is 23.8 Å². The Morgan fingerprint density at radius 1 is 1.24 bits per heavy atom. The third-order valence-corrected chi connectivity index (χ3v) is 3.05. The van der Waals surface area contributed by atoms with Gasteiger partial charge < -0.3 is 4.74 Å². The minimum atomic E-state index is -0.461. The topological polar surface area (TPSA) is 22.1 Å². The van der Waals surface area contributed by atoms with Crippen LogP contribution in [-0.4, -0.2) is 10.9 Å². The molecule has 0 fully saturated rings. The Hall–Kier alpha value is -1.76. The molecule has 0 spiro atoms. The average molecular weight is 324 g/mol. The van der Waals surface area contributed by atoms with E-state index in [0.717, 1.165) is 5.56 Å². The largest absolute Gasteiger partial charge is 0.487 e. The van der Waals surface area contributed by atoms with E-state index in [1.807, 2.05) is 0 Å². The van der Waals surface area contributed by atoms with Crippen molar-refractivity contribution >= 4 is 23.2 Å². The van der Waals surface area contributed by atoms with Gasteiger partial charge in [0.05, 0.1) is 11.2 Å². The molecule has 21 heavy (non-hydrogen) atoms. The first kappa shape index (κ1) is 15.6. The summed E-state index contributed by atoms with van der Waals surface area (Å²) in [6.07, 6.45) is 3.85. The summed E-state index contributed by atoms with van der Waals surface area (Å²) in [4.78, 5) is 4.05. The summed E-state index contributed by atoms with van der Waals surface area (Å²) in [6.45, 7) is 0.230. The molecule has 0 aliphatic rings. The molecule has 2 aromatic rings. The highest BCUT2D eigenvalue weighted by atomic mass is 35.5. The molecule has 1 aromatic heterocycles. The molecule has 5 heteroatoms. The van der Waals surface area contributed by atoms with Crippen molar-refractivity contribution in [3.05, 3.63) is 58.6 Å². The van der Waals surface area contributed by atoms with E-state index in [0.29, 0.717) is 23.6 Å². The molecule has 0 saturated heterocycles. The molecule has 2 nitrogen and oxygen atoms in total. The molecular formula is C16H12Cl2FNO. The number of rotatable bonds is 4. The molecule has 0 amide bonds. The zero-order valence-electron chi connectivity index (χ0n) is 11.1. The van der Waals surface area contributed by atoms with E-state index in [-0.39, 0.29) is 11.6 Å². The first-order valence-corrected chi connectivity index (χ1v) is 7.17. The first-order valence-electron chi connectivity index (χ1n) is 6.25. The molecule has 1 aromatic carbocycles. The predicted molar refractivity (Wildman–Crippen MR) is 82.2 cm³/mol. The van der Waals surface area contributed by atoms with Gasteiger partial charge in [0.1, 0.15) is 18.2 Å². The lowest BCUT2D eigenvalue weighted by atomic mass is 10.2. The highest BCUT2D eigenvalue weighted by Crippen LogP contribution is 2.18. The summed E-state index contributed by atoms with van der Waals surface area (Å²) >= 11 is 11.2. The van der Waals surface area contributed by atoms with Gasteiger partial charge in [-0.15, -0.1) is 11.6 Å². The van der Waals surface area contributed by atoms with Crippen LogP contribution in [0.15, 0.2) is 36.7 Å². The molecule has 2 rings (SSSR count). The summed E-state index contributed by atoms with van der Waals surface area (Å²) in [6, 6.07) is 6.34. The van der Waals surface area contributed by atoms with Crippen LogP contribution in [-0.2, 0) is 6.61 Å². The molecule has 0 N–H and O–H groups in total. The van der Waals surface area contributed by atoms with Crippen LogP contribution in [0.4, 0.5) is 4.39 Å². The molecule has 0 aliphatic heterocycles. The molecule has 0 atom stereocenters. The van der Waals surface area contributed by atoms with Crippen molar-refractivity contribution in [3.8, 4) is 17.6 Å². The van der Waals surface area contributed by atoms with E-state index in [1.54, 1.807) is 24.5 Å². The number of nitrogens with zero attached hydrogens (tertiary/aromatic N) is 1. The van der Waals surface area contributed by atoms with E-state index in [4.69, 9.17) is 27.9 Å². The molecular weight excluding hydrogens is 312 g/mol. The summed E-state index contributed by atoms with van der Waals surface area (Å²) in [7, 11) is 0. The normalized spacial score (nSPS) is 9.86. The first-order chi connectivity index (χ1) is 10.2. The predicted octanol–water partition coefficient (Wildman–Crippen LogP) is 4.43. The number of aromatic nitrogens is 1. The standard InChI is InChI=1S/C16H12Cl2FNO/c17-6-2-1-3-12-7-14(10-20-9-12)21-11-13-4-5-15(18)16(19)8-13/h4-5,7-10H,2,6,11H2. The average Bonchev–Trinajstić information content (AvgIpc) is 2.49. The smallest absolute Gasteiger partial charge is 0.142 e. The lowest BCUT2D eigenvalue weighted by molar-refractivity contribution is 0.304. The Morgan fingerprint density at radius 2 is 2.10 bits per heavy atom. The number of pyridine rings is 1. The third-order valence-electron chi connectivity index (χ3n) is 2.55. The molecule has 0 saturated carbocycles. The molecule has 0 unspecified atom stereocenters. The molecule has 0 aliphatic carbocycles. The Balaban J connectivity index is 2.01. The van der Waals surface area contributed by atoms with Crippen LogP contribution >= 0.6 is 23.2 Å². The van der Waals surface area contributed by atoms with Crippen LogP contribution in [0.3, 0.4) is 0 Å². The molecule has 108 valence electrons. The van der Waals surface area contributed by atoms with Crippen LogP contribution in [0, 0.1) is 17.7 Å². The van der Waals surface area contributed by atoms with Gasteiger partial charge in [-0.2, -0.15) is 0 Å². The SMILES string of the molecule is Fc1cc(COc2cncc(C#CCCCl)c2)ccc1Cl. The van der Waals surface area contributed by atoms with Gasteiger partial charge in [0.2, 0.25) is 0 Å². The fourth-order valence-electron chi connectivity index (χ4n) is 1.57. The Morgan fingerprint density at radius 3 is 2.86 bits per heavy atom. The van der Waals surface area contributed by atoms with E-state index in [1.165, 1.54) is 12.1 Å². The van der Waals surface area contributed by atoms with Crippen LogP contribution in [0.1, 0.15) is 17.5 Å². The summed E-state index contributed by atoms with van der Waals surface area (Å²) in [5, 5.41) is 0.0944. The van der Waals surface area contributed by atoms with E-state index in [9.17, 15) is 4.39 Å². The summed E-state index contributed by atoms with van der Waals surface area (Å²) < 4.78 is 18.9. The van der Waals surface area contributed by atoms with Gasteiger partial charge in [0, 0.05) is 24.1 Å². The van der Waals surface area contributed by atoms with Crippen molar-refractivity contribution < 1.29 is 9.13 Å². The second-order valence-electron chi connectivity index (χ2n) is 4.19. The highest BCUT2D eigenvalue weighted by Gasteiger charge is 2.02. The van der Waals surface area contributed by atoms with Crippen LogP contribution in [0.25, 0.3) is 0 Å². The number of hydrogen-bond acceptors (Lipinski definition) is 2. The molecule has 0 radical (unpaired) electrons. The molecule has 1 heterocycles. The quantitative estimate of drug-likeness (QED) is 0.613. The Labute approximate surface area is 132 Å². The number of halogens is 3.